The van der Waals surface area contributed by atoms with E-state index in [0.717, 1.165) is 22.5 Å². The fourth-order valence-corrected chi connectivity index (χ4v) is 2.59. The van der Waals surface area contributed by atoms with Crippen molar-refractivity contribution in [1.29, 1.82) is 0 Å². The maximum absolute atomic E-state index is 5.98. The predicted molar refractivity (Wildman–Crippen MR) is 92.1 cm³/mol. The number of halogens is 1. The third-order valence-electron chi connectivity index (χ3n) is 3.33. The number of hydrogen-bond acceptors (Lipinski definition) is 2. The van der Waals surface area contributed by atoms with Crippen LogP contribution in [0.5, 0.6) is 11.5 Å². The molecule has 0 bridgehead atoms. The highest BCUT2D eigenvalue weighted by Gasteiger charge is 2.14. The Balaban J connectivity index is 2.20. The molecule has 112 valence electrons. The smallest absolute Gasteiger partial charge is 0.128 e. The first-order valence-electron chi connectivity index (χ1n) is 7.11. The lowest BCUT2D eigenvalue weighted by atomic mass is 9.87. The van der Waals surface area contributed by atoms with Gasteiger partial charge in [0.05, 0.1) is 0 Å². The van der Waals surface area contributed by atoms with Gasteiger partial charge in [0.25, 0.3) is 0 Å². The average molecular weight is 348 g/mol. The Morgan fingerprint density at radius 2 is 1.76 bits per heavy atom. The van der Waals surface area contributed by atoms with Crippen molar-refractivity contribution in [1.82, 2.24) is 5.32 Å². The fraction of sp³-hybridized carbons (Fsp3) is 0.333. The lowest BCUT2D eigenvalue weighted by molar-refractivity contribution is 0.478. The van der Waals surface area contributed by atoms with Gasteiger partial charge in [-0.25, -0.2) is 0 Å². The summed E-state index contributed by atoms with van der Waals surface area (Å²) < 4.78 is 7.03. The van der Waals surface area contributed by atoms with E-state index in [-0.39, 0.29) is 5.41 Å². The van der Waals surface area contributed by atoms with Crippen molar-refractivity contribution >= 4 is 15.9 Å². The second-order valence-corrected chi connectivity index (χ2v) is 7.02. The van der Waals surface area contributed by atoms with Crippen LogP contribution >= 0.6 is 15.9 Å². The molecular weight excluding hydrogens is 326 g/mol. The second kappa shape index (κ2) is 6.63. The van der Waals surface area contributed by atoms with Gasteiger partial charge in [0.15, 0.2) is 0 Å². The van der Waals surface area contributed by atoms with E-state index in [0.29, 0.717) is 0 Å². The van der Waals surface area contributed by atoms with E-state index in [1.54, 1.807) is 0 Å². The molecule has 0 saturated carbocycles. The fourth-order valence-electron chi connectivity index (χ4n) is 2.09. The van der Waals surface area contributed by atoms with Crippen LogP contribution in [0.3, 0.4) is 0 Å². The Labute approximate surface area is 135 Å². The van der Waals surface area contributed by atoms with Crippen molar-refractivity contribution in [2.75, 3.05) is 7.05 Å². The molecule has 21 heavy (non-hydrogen) atoms. The lowest BCUT2D eigenvalue weighted by Crippen LogP contribution is -2.10. The summed E-state index contributed by atoms with van der Waals surface area (Å²) in [6, 6.07) is 14.4. The number of nitrogens with one attached hydrogen (secondary N) is 1. The van der Waals surface area contributed by atoms with Gasteiger partial charge in [-0.3, -0.25) is 0 Å². The molecule has 0 heterocycles. The van der Waals surface area contributed by atoms with Crippen molar-refractivity contribution in [3.8, 4) is 11.5 Å². The zero-order valence-electron chi connectivity index (χ0n) is 13.0. The Kier molecular flexibility index (Phi) is 5.07. The largest absolute Gasteiger partial charge is 0.457 e. The average Bonchev–Trinajstić information content (AvgIpc) is 2.41. The van der Waals surface area contributed by atoms with Gasteiger partial charge in [-0.2, -0.15) is 0 Å². The maximum atomic E-state index is 5.98. The molecule has 1 N–H and O–H groups in total. The van der Waals surface area contributed by atoms with Crippen LogP contribution in [0.1, 0.15) is 31.9 Å². The molecule has 2 rings (SSSR count). The van der Waals surface area contributed by atoms with Crippen molar-refractivity contribution in [2.24, 2.45) is 0 Å². The van der Waals surface area contributed by atoms with Gasteiger partial charge in [-0.1, -0.05) is 54.9 Å². The van der Waals surface area contributed by atoms with Crippen LogP contribution < -0.4 is 10.1 Å². The summed E-state index contributed by atoms with van der Waals surface area (Å²) >= 11 is 3.59. The number of hydrogen-bond donors (Lipinski definition) is 1. The number of benzene rings is 2. The van der Waals surface area contributed by atoms with Gasteiger partial charge in [-0.05, 0) is 47.9 Å². The van der Waals surface area contributed by atoms with Crippen LogP contribution in [0, 0.1) is 0 Å². The van der Waals surface area contributed by atoms with Crippen molar-refractivity contribution in [3.05, 3.63) is 58.1 Å². The minimum atomic E-state index is 0.122. The SMILES string of the molecule is CNCc1ccc(Oc2cccc(C(C)(C)C)c2)cc1Br. The standard InChI is InChI=1S/C18H22BrNO/c1-18(2,3)14-6-5-7-15(10-14)21-16-9-8-13(12-20-4)17(19)11-16/h5-11,20H,12H2,1-4H3. The van der Waals surface area contributed by atoms with E-state index in [1.165, 1.54) is 11.1 Å². The summed E-state index contributed by atoms with van der Waals surface area (Å²) in [5, 5.41) is 3.15. The normalized spacial score (nSPS) is 11.5. The second-order valence-electron chi connectivity index (χ2n) is 6.16. The van der Waals surface area contributed by atoms with Gasteiger partial charge in [0.1, 0.15) is 11.5 Å². The minimum absolute atomic E-state index is 0.122. The van der Waals surface area contributed by atoms with Crippen LogP contribution in [0.15, 0.2) is 46.9 Å². The molecule has 0 saturated heterocycles. The highest BCUT2D eigenvalue weighted by Crippen LogP contribution is 2.30. The van der Waals surface area contributed by atoms with Crippen molar-refractivity contribution in [2.45, 2.75) is 32.7 Å². The third kappa shape index (κ3) is 4.32. The molecule has 0 fully saturated rings. The molecule has 0 atom stereocenters. The third-order valence-corrected chi connectivity index (χ3v) is 4.07. The molecule has 2 aromatic carbocycles. The van der Waals surface area contributed by atoms with Gasteiger partial charge in [0.2, 0.25) is 0 Å². The van der Waals surface area contributed by atoms with E-state index in [1.807, 2.05) is 31.3 Å². The predicted octanol–water partition coefficient (Wildman–Crippen LogP) is 5.26. The number of ether oxygens (including phenoxy) is 1. The van der Waals surface area contributed by atoms with E-state index >= 15 is 0 Å². The first kappa shape index (κ1) is 16.1. The quantitative estimate of drug-likeness (QED) is 0.814. The Morgan fingerprint density at radius 3 is 2.38 bits per heavy atom. The zero-order chi connectivity index (χ0) is 15.5. The summed E-state index contributed by atoms with van der Waals surface area (Å²) in [5.74, 6) is 1.71. The van der Waals surface area contributed by atoms with Crippen molar-refractivity contribution in [3.63, 3.8) is 0 Å². The first-order chi connectivity index (χ1) is 9.90. The number of rotatable bonds is 4. The Bertz CT molecular complexity index is 617. The molecule has 0 aliphatic heterocycles. The summed E-state index contributed by atoms with van der Waals surface area (Å²) in [5.41, 5.74) is 2.61. The molecule has 0 radical (unpaired) electrons. The molecule has 2 aromatic rings. The van der Waals surface area contributed by atoms with E-state index in [2.05, 4.69) is 60.2 Å². The van der Waals surface area contributed by atoms with E-state index in [9.17, 15) is 0 Å². The van der Waals surface area contributed by atoms with Crippen LogP contribution in [0.4, 0.5) is 0 Å². The van der Waals surface area contributed by atoms with Crippen molar-refractivity contribution < 1.29 is 4.74 Å². The van der Waals surface area contributed by atoms with Crippen LogP contribution in [-0.2, 0) is 12.0 Å². The van der Waals surface area contributed by atoms with E-state index in [4.69, 9.17) is 4.74 Å². The molecular formula is C18H22BrNO. The van der Waals surface area contributed by atoms with Gasteiger partial charge in [0, 0.05) is 11.0 Å². The summed E-state index contributed by atoms with van der Waals surface area (Å²) in [6.45, 7) is 7.44. The molecule has 0 aliphatic carbocycles. The highest BCUT2D eigenvalue weighted by atomic mass is 79.9. The maximum Gasteiger partial charge on any atom is 0.128 e. The first-order valence-corrected chi connectivity index (χ1v) is 7.91. The summed E-state index contributed by atoms with van der Waals surface area (Å²) in [4.78, 5) is 0. The molecule has 0 unspecified atom stereocenters. The molecule has 0 aliphatic rings. The zero-order valence-corrected chi connectivity index (χ0v) is 14.6. The van der Waals surface area contributed by atoms with Gasteiger partial charge in [-0.15, -0.1) is 0 Å². The van der Waals surface area contributed by atoms with Crippen LogP contribution in [0.2, 0.25) is 0 Å². The monoisotopic (exact) mass is 347 g/mol. The highest BCUT2D eigenvalue weighted by molar-refractivity contribution is 9.10. The lowest BCUT2D eigenvalue weighted by Gasteiger charge is -2.19. The van der Waals surface area contributed by atoms with E-state index < -0.39 is 0 Å². The topological polar surface area (TPSA) is 21.3 Å². The van der Waals surface area contributed by atoms with Gasteiger partial charge >= 0.3 is 0 Å². The summed E-state index contributed by atoms with van der Waals surface area (Å²) in [7, 11) is 1.94. The molecule has 2 nitrogen and oxygen atoms in total. The van der Waals surface area contributed by atoms with Crippen LogP contribution in [0.25, 0.3) is 0 Å². The Hall–Kier alpha value is -1.32. The van der Waals surface area contributed by atoms with Gasteiger partial charge < -0.3 is 10.1 Å². The van der Waals surface area contributed by atoms with Crippen LogP contribution in [-0.4, -0.2) is 7.05 Å². The Morgan fingerprint density at radius 1 is 1.05 bits per heavy atom. The molecule has 0 aromatic heterocycles. The molecule has 3 heteroatoms. The molecule has 0 spiro atoms. The summed E-state index contributed by atoms with van der Waals surface area (Å²) in [6.07, 6.45) is 0. The minimum Gasteiger partial charge on any atom is -0.457 e. The molecule has 0 amide bonds.